The molecule has 154 valence electrons. The summed E-state index contributed by atoms with van der Waals surface area (Å²) < 4.78 is 5.88. The molecular weight excluding hydrogens is 362 g/mol. The van der Waals surface area contributed by atoms with E-state index < -0.39 is 0 Å². The fraction of sp³-hybridized carbons (Fsp3) is 0.417. The smallest absolute Gasteiger partial charge is 0.131 e. The molecule has 2 aromatic rings. The fourth-order valence-electron chi connectivity index (χ4n) is 3.70. The molecule has 1 N–H and O–H groups in total. The van der Waals surface area contributed by atoms with Crippen molar-refractivity contribution in [2.45, 2.75) is 31.3 Å². The molecule has 3 unspecified atom stereocenters. The van der Waals surface area contributed by atoms with Gasteiger partial charge in [0.05, 0.1) is 19.1 Å². The second kappa shape index (κ2) is 10.3. The van der Waals surface area contributed by atoms with Gasteiger partial charge in [-0.2, -0.15) is 0 Å². The average Bonchev–Trinajstić information content (AvgIpc) is 2.74. The lowest BCUT2D eigenvalue weighted by Crippen LogP contribution is -2.30. The molecule has 0 radical (unpaired) electrons. The first-order valence-corrected chi connectivity index (χ1v) is 10.3. The molecule has 0 bridgehead atoms. The number of phenols is 1. The van der Waals surface area contributed by atoms with E-state index in [4.69, 9.17) is 14.7 Å². The molecule has 1 heterocycles. The predicted octanol–water partition coefficient (Wildman–Crippen LogP) is 4.10. The fourth-order valence-corrected chi connectivity index (χ4v) is 3.70. The lowest BCUT2D eigenvalue weighted by molar-refractivity contribution is 0.0920. The normalized spacial score (nSPS) is 18.5. The van der Waals surface area contributed by atoms with Crippen molar-refractivity contribution in [1.29, 1.82) is 0 Å². The summed E-state index contributed by atoms with van der Waals surface area (Å²) in [5, 5.41) is 9.74. The highest BCUT2D eigenvalue weighted by atomic mass is 16.5. The molecule has 0 aliphatic carbocycles. The Morgan fingerprint density at radius 1 is 1.07 bits per heavy atom. The van der Waals surface area contributed by atoms with Gasteiger partial charge in [0, 0.05) is 12.8 Å². The summed E-state index contributed by atoms with van der Waals surface area (Å²) in [6.45, 7) is 4.33. The van der Waals surface area contributed by atoms with E-state index in [1.165, 1.54) is 5.56 Å². The van der Waals surface area contributed by atoms with Crippen LogP contribution in [0.2, 0.25) is 0 Å². The van der Waals surface area contributed by atoms with E-state index in [9.17, 15) is 5.11 Å². The van der Waals surface area contributed by atoms with Crippen LogP contribution >= 0.6 is 0 Å². The van der Waals surface area contributed by atoms with E-state index in [-0.39, 0.29) is 23.7 Å². The summed E-state index contributed by atoms with van der Waals surface area (Å²) in [5.74, 6) is 1.38. The Morgan fingerprint density at radius 3 is 2.38 bits per heavy atom. The molecule has 5 heteroatoms. The van der Waals surface area contributed by atoms with Crippen LogP contribution in [0.1, 0.15) is 36.3 Å². The maximum atomic E-state index is 9.74. The molecular formula is C24H31N3O2. The van der Waals surface area contributed by atoms with E-state index >= 15 is 0 Å². The Labute approximate surface area is 173 Å². The van der Waals surface area contributed by atoms with Crippen molar-refractivity contribution in [2.75, 3.05) is 33.8 Å². The molecule has 0 amide bonds. The van der Waals surface area contributed by atoms with Gasteiger partial charge in [-0.05, 0) is 49.7 Å². The number of amidine groups is 1. The third-order valence-electron chi connectivity index (χ3n) is 5.28. The zero-order chi connectivity index (χ0) is 20.6. The van der Waals surface area contributed by atoms with Gasteiger partial charge in [-0.15, -0.1) is 0 Å². The van der Waals surface area contributed by atoms with Crippen molar-refractivity contribution in [3.05, 3.63) is 65.7 Å². The predicted molar refractivity (Wildman–Crippen MR) is 119 cm³/mol. The van der Waals surface area contributed by atoms with Gasteiger partial charge in [-0.3, -0.25) is 4.99 Å². The number of phenolic OH excluding ortho intramolecular Hbond substituents is 1. The number of benzene rings is 2. The van der Waals surface area contributed by atoms with E-state index in [0.717, 1.165) is 24.4 Å². The topological polar surface area (TPSA) is 57.4 Å². The van der Waals surface area contributed by atoms with E-state index in [1.54, 1.807) is 12.1 Å². The van der Waals surface area contributed by atoms with Gasteiger partial charge in [0.15, 0.2) is 0 Å². The van der Waals surface area contributed by atoms with Crippen LogP contribution in [-0.2, 0) is 4.74 Å². The largest absolute Gasteiger partial charge is 0.508 e. The zero-order valence-electron chi connectivity index (χ0n) is 17.5. The Hall–Kier alpha value is -2.50. The Bertz CT molecular complexity index is 816. The van der Waals surface area contributed by atoms with Gasteiger partial charge < -0.3 is 14.7 Å². The molecule has 0 saturated carbocycles. The first-order valence-electron chi connectivity index (χ1n) is 10.3. The van der Waals surface area contributed by atoms with E-state index in [2.05, 4.69) is 36.1 Å². The minimum absolute atomic E-state index is 0.0296. The van der Waals surface area contributed by atoms with Gasteiger partial charge >= 0.3 is 0 Å². The molecule has 0 spiro atoms. The number of ether oxygens (including phenoxy) is 1. The number of aliphatic imine (C=N–C) groups is 2. The lowest BCUT2D eigenvalue weighted by atomic mass is 9.79. The second-order valence-electron chi connectivity index (χ2n) is 7.68. The monoisotopic (exact) mass is 393 g/mol. The highest BCUT2D eigenvalue weighted by Crippen LogP contribution is 2.38. The van der Waals surface area contributed by atoms with Gasteiger partial charge in [-0.25, -0.2) is 4.99 Å². The number of nitrogens with zero attached hydrogens (tertiary/aromatic N) is 3. The van der Waals surface area contributed by atoms with Crippen molar-refractivity contribution in [3.63, 3.8) is 0 Å². The van der Waals surface area contributed by atoms with Crippen molar-refractivity contribution in [2.24, 2.45) is 9.98 Å². The average molecular weight is 394 g/mol. The molecule has 1 aliphatic rings. The quantitative estimate of drug-likeness (QED) is 0.698. The van der Waals surface area contributed by atoms with Gasteiger partial charge in [-0.1, -0.05) is 49.4 Å². The molecule has 0 saturated heterocycles. The zero-order valence-corrected chi connectivity index (χ0v) is 17.5. The molecule has 29 heavy (non-hydrogen) atoms. The highest BCUT2D eigenvalue weighted by molar-refractivity contribution is 5.97. The summed E-state index contributed by atoms with van der Waals surface area (Å²) in [5.41, 5.74) is 2.39. The van der Waals surface area contributed by atoms with Gasteiger partial charge in [0.1, 0.15) is 17.7 Å². The van der Waals surface area contributed by atoms with Crippen molar-refractivity contribution < 1.29 is 9.84 Å². The van der Waals surface area contributed by atoms with Crippen LogP contribution in [0, 0.1) is 0 Å². The molecule has 2 aromatic carbocycles. The summed E-state index contributed by atoms with van der Waals surface area (Å²) in [7, 11) is 4.07. The number of hydrogen-bond acceptors (Lipinski definition) is 5. The molecule has 0 fully saturated rings. The third-order valence-corrected chi connectivity index (χ3v) is 5.28. The van der Waals surface area contributed by atoms with Crippen LogP contribution in [0.15, 0.2) is 64.6 Å². The SMILES string of the molecule is CCC(c1ccccc1)C(C1=NCC(OCCN(C)C)C=N1)c1ccc(O)cc1. The van der Waals surface area contributed by atoms with E-state index in [0.29, 0.717) is 13.2 Å². The molecule has 3 atom stereocenters. The first-order chi connectivity index (χ1) is 14.1. The first kappa shape index (κ1) is 21.2. The Kier molecular flexibility index (Phi) is 7.55. The third kappa shape index (κ3) is 5.75. The molecule has 1 aliphatic heterocycles. The van der Waals surface area contributed by atoms with Crippen LogP contribution in [-0.4, -0.2) is 62.0 Å². The van der Waals surface area contributed by atoms with Crippen LogP contribution in [0.3, 0.4) is 0 Å². The standard InChI is InChI=1S/C24H31N3O2/c1-4-22(18-8-6-5-7-9-18)23(19-10-12-20(28)13-11-19)24-25-16-21(17-26-24)29-15-14-27(2)3/h5-13,16,21-23,28H,4,14-15,17H2,1-3H3. The second-order valence-corrected chi connectivity index (χ2v) is 7.68. The van der Waals surface area contributed by atoms with Crippen LogP contribution in [0.25, 0.3) is 0 Å². The highest BCUT2D eigenvalue weighted by Gasteiger charge is 2.29. The summed E-state index contributed by atoms with van der Waals surface area (Å²) in [6, 6.07) is 18.0. The van der Waals surface area contributed by atoms with Crippen LogP contribution in [0.5, 0.6) is 5.75 Å². The molecule has 5 nitrogen and oxygen atoms in total. The van der Waals surface area contributed by atoms with Crippen molar-refractivity contribution in [1.82, 2.24) is 4.90 Å². The maximum Gasteiger partial charge on any atom is 0.131 e. The minimum Gasteiger partial charge on any atom is -0.508 e. The lowest BCUT2D eigenvalue weighted by Gasteiger charge is -2.29. The number of hydrogen-bond donors (Lipinski definition) is 1. The molecule has 0 aromatic heterocycles. The minimum atomic E-state index is -0.0732. The maximum absolute atomic E-state index is 9.74. The van der Waals surface area contributed by atoms with Crippen LogP contribution in [0.4, 0.5) is 0 Å². The van der Waals surface area contributed by atoms with Crippen molar-refractivity contribution in [3.8, 4) is 5.75 Å². The summed E-state index contributed by atoms with van der Waals surface area (Å²) >= 11 is 0. The Balaban J connectivity index is 1.83. The molecule has 3 rings (SSSR count). The van der Waals surface area contributed by atoms with Crippen molar-refractivity contribution >= 4 is 12.1 Å². The summed E-state index contributed by atoms with van der Waals surface area (Å²) in [6.07, 6.45) is 2.78. The van der Waals surface area contributed by atoms with Gasteiger partial charge in [0.2, 0.25) is 0 Å². The number of likely N-dealkylation sites (N-methyl/N-ethyl adjacent to an activating group) is 1. The summed E-state index contributed by atoms with van der Waals surface area (Å²) in [4.78, 5) is 11.6. The van der Waals surface area contributed by atoms with Gasteiger partial charge in [0.25, 0.3) is 0 Å². The van der Waals surface area contributed by atoms with E-state index in [1.807, 2.05) is 38.5 Å². The number of rotatable bonds is 9. The van der Waals surface area contributed by atoms with Crippen LogP contribution < -0.4 is 0 Å². The Morgan fingerprint density at radius 2 is 1.79 bits per heavy atom. The number of aromatic hydroxyl groups is 1.